The number of aryl methyl sites for hydroxylation is 2. The molecule has 2 aromatic heterocycles. The fraction of sp³-hybridized carbons (Fsp3) is 0.438. The standard InChI is InChI=1S/C16H24N6O/c1-11-14(12(2)23-21-11)10-20-16(17-3)19-9-13-7-6-8-18-15(13)22(4)5/h6-8H,9-10H2,1-5H3,(H2,17,19,20). The Hall–Kier alpha value is -2.57. The van der Waals surface area contributed by atoms with Crippen molar-refractivity contribution in [3.63, 3.8) is 0 Å². The molecule has 2 rings (SSSR count). The van der Waals surface area contributed by atoms with E-state index in [1.165, 1.54) is 0 Å². The smallest absolute Gasteiger partial charge is 0.191 e. The number of nitrogens with zero attached hydrogens (tertiary/aromatic N) is 4. The van der Waals surface area contributed by atoms with Crippen molar-refractivity contribution in [2.24, 2.45) is 4.99 Å². The first-order valence-corrected chi connectivity index (χ1v) is 7.50. The van der Waals surface area contributed by atoms with Crippen molar-refractivity contribution in [2.75, 3.05) is 26.0 Å². The van der Waals surface area contributed by atoms with Gasteiger partial charge in [-0.05, 0) is 19.9 Å². The van der Waals surface area contributed by atoms with Crippen molar-refractivity contribution in [1.29, 1.82) is 0 Å². The van der Waals surface area contributed by atoms with Crippen LogP contribution in [0.15, 0.2) is 27.8 Å². The van der Waals surface area contributed by atoms with Crippen molar-refractivity contribution in [3.05, 3.63) is 40.9 Å². The molecular weight excluding hydrogens is 292 g/mol. The van der Waals surface area contributed by atoms with Gasteiger partial charge in [-0.15, -0.1) is 0 Å². The molecule has 0 saturated heterocycles. The van der Waals surface area contributed by atoms with E-state index in [9.17, 15) is 0 Å². The lowest BCUT2D eigenvalue weighted by Gasteiger charge is -2.17. The van der Waals surface area contributed by atoms with Gasteiger partial charge in [0.2, 0.25) is 0 Å². The van der Waals surface area contributed by atoms with Crippen LogP contribution < -0.4 is 15.5 Å². The maximum atomic E-state index is 5.17. The van der Waals surface area contributed by atoms with Gasteiger partial charge in [0.1, 0.15) is 11.6 Å². The van der Waals surface area contributed by atoms with Crippen molar-refractivity contribution >= 4 is 11.8 Å². The molecule has 0 amide bonds. The Kier molecular flexibility index (Phi) is 5.56. The monoisotopic (exact) mass is 316 g/mol. The molecule has 0 atom stereocenters. The van der Waals surface area contributed by atoms with E-state index in [0.717, 1.165) is 34.4 Å². The van der Waals surface area contributed by atoms with Crippen molar-refractivity contribution in [2.45, 2.75) is 26.9 Å². The number of guanidine groups is 1. The Bertz CT molecular complexity index is 657. The number of aromatic nitrogens is 2. The largest absolute Gasteiger partial charge is 0.362 e. The zero-order valence-corrected chi connectivity index (χ0v) is 14.3. The van der Waals surface area contributed by atoms with E-state index in [1.54, 1.807) is 13.2 Å². The molecule has 2 heterocycles. The third-order valence-corrected chi connectivity index (χ3v) is 3.57. The molecule has 0 aromatic carbocycles. The van der Waals surface area contributed by atoms with Crippen LogP contribution in [0.4, 0.5) is 5.82 Å². The second-order valence-corrected chi connectivity index (χ2v) is 5.46. The summed E-state index contributed by atoms with van der Waals surface area (Å²) in [6, 6.07) is 3.99. The number of hydrogen-bond donors (Lipinski definition) is 2. The van der Waals surface area contributed by atoms with Gasteiger partial charge in [-0.1, -0.05) is 11.2 Å². The summed E-state index contributed by atoms with van der Waals surface area (Å²) in [5, 5.41) is 10.5. The Morgan fingerprint density at radius 1 is 1.26 bits per heavy atom. The summed E-state index contributed by atoms with van der Waals surface area (Å²) in [5.41, 5.74) is 3.06. The van der Waals surface area contributed by atoms with Gasteiger partial charge in [-0.25, -0.2) is 4.98 Å². The molecule has 0 spiro atoms. The quantitative estimate of drug-likeness (QED) is 0.645. The van der Waals surface area contributed by atoms with E-state index in [4.69, 9.17) is 4.52 Å². The number of pyridine rings is 1. The molecule has 0 aliphatic carbocycles. The normalized spacial score (nSPS) is 11.4. The fourth-order valence-electron chi connectivity index (χ4n) is 2.30. The van der Waals surface area contributed by atoms with Crippen LogP contribution in [0.2, 0.25) is 0 Å². The zero-order chi connectivity index (χ0) is 16.8. The van der Waals surface area contributed by atoms with Crippen LogP contribution in [0.3, 0.4) is 0 Å². The predicted molar refractivity (Wildman–Crippen MR) is 91.6 cm³/mol. The van der Waals surface area contributed by atoms with Gasteiger partial charge >= 0.3 is 0 Å². The lowest BCUT2D eigenvalue weighted by molar-refractivity contribution is 0.392. The van der Waals surface area contributed by atoms with Gasteiger partial charge < -0.3 is 20.1 Å². The van der Waals surface area contributed by atoms with E-state index in [1.807, 2.05) is 38.9 Å². The third kappa shape index (κ3) is 4.21. The molecular formula is C16H24N6O. The molecule has 0 unspecified atom stereocenters. The van der Waals surface area contributed by atoms with Crippen LogP contribution in [0, 0.1) is 13.8 Å². The highest BCUT2D eigenvalue weighted by molar-refractivity contribution is 5.79. The van der Waals surface area contributed by atoms with E-state index in [2.05, 4.69) is 31.8 Å². The van der Waals surface area contributed by atoms with Gasteiger partial charge in [0, 0.05) is 51.6 Å². The van der Waals surface area contributed by atoms with Crippen LogP contribution in [-0.4, -0.2) is 37.2 Å². The summed E-state index contributed by atoms with van der Waals surface area (Å²) in [5.74, 6) is 2.49. The van der Waals surface area contributed by atoms with E-state index >= 15 is 0 Å². The average Bonchev–Trinajstić information content (AvgIpc) is 2.86. The Morgan fingerprint density at radius 3 is 2.61 bits per heavy atom. The molecule has 0 aliphatic heterocycles. The fourth-order valence-corrected chi connectivity index (χ4v) is 2.30. The second-order valence-electron chi connectivity index (χ2n) is 5.46. The Labute approximate surface area is 136 Å². The van der Waals surface area contributed by atoms with Crippen LogP contribution in [-0.2, 0) is 13.1 Å². The highest BCUT2D eigenvalue weighted by atomic mass is 16.5. The van der Waals surface area contributed by atoms with Gasteiger partial charge in [-0.3, -0.25) is 4.99 Å². The number of hydrogen-bond acceptors (Lipinski definition) is 5. The predicted octanol–water partition coefficient (Wildman–Crippen LogP) is 1.62. The molecule has 0 aliphatic rings. The third-order valence-electron chi connectivity index (χ3n) is 3.57. The van der Waals surface area contributed by atoms with Crippen molar-refractivity contribution < 1.29 is 4.52 Å². The number of aliphatic imine (C=N–C) groups is 1. The highest BCUT2D eigenvalue weighted by Gasteiger charge is 2.10. The molecule has 0 radical (unpaired) electrons. The Balaban J connectivity index is 1.96. The van der Waals surface area contributed by atoms with E-state index in [-0.39, 0.29) is 0 Å². The minimum Gasteiger partial charge on any atom is -0.362 e. The average molecular weight is 316 g/mol. The molecule has 2 N–H and O–H groups in total. The first kappa shape index (κ1) is 16.8. The van der Waals surface area contributed by atoms with Crippen LogP contribution in [0.1, 0.15) is 22.6 Å². The topological polar surface area (TPSA) is 78.6 Å². The molecule has 7 nitrogen and oxygen atoms in total. The second kappa shape index (κ2) is 7.62. The lowest BCUT2D eigenvalue weighted by Crippen LogP contribution is -2.36. The van der Waals surface area contributed by atoms with Crippen molar-refractivity contribution in [1.82, 2.24) is 20.8 Å². The molecule has 23 heavy (non-hydrogen) atoms. The highest BCUT2D eigenvalue weighted by Crippen LogP contribution is 2.14. The molecule has 0 bridgehead atoms. The van der Waals surface area contributed by atoms with Crippen LogP contribution in [0.5, 0.6) is 0 Å². The summed E-state index contributed by atoms with van der Waals surface area (Å²) in [6.07, 6.45) is 1.80. The maximum absolute atomic E-state index is 5.17. The first-order chi connectivity index (χ1) is 11.0. The summed E-state index contributed by atoms with van der Waals surface area (Å²) >= 11 is 0. The maximum Gasteiger partial charge on any atom is 0.191 e. The summed E-state index contributed by atoms with van der Waals surface area (Å²) in [4.78, 5) is 10.6. The molecule has 124 valence electrons. The van der Waals surface area contributed by atoms with Gasteiger partial charge in [0.05, 0.1) is 5.69 Å². The van der Waals surface area contributed by atoms with Gasteiger partial charge in [0.25, 0.3) is 0 Å². The SMILES string of the molecule is CN=C(NCc1cccnc1N(C)C)NCc1c(C)noc1C. The lowest BCUT2D eigenvalue weighted by atomic mass is 10.2. The molecule has 7 heteroatoms. The van der Waals surface area contributed by atoms with Gasteiger partial charge in [-0.2, -0.15) is 0 Å². The summed E-state index contributed by atoms with van der Waals surface area (Å²) < 4.78 is 5.17. The van der Waals surface area contributed by atoms with Gasteiger partial charge in [0.15, 0.2) is 5.96 Å². The van der Waals surface area contributed by atoms with Crippen LogP contribution >= 0.6 is 0 Å². The minimum absolute atomic E-state index is 0.619. The molecule has 0 saturated carbocycles. The number of anilines is 1. The number of nitrogens with one attached hydrogen (secondary N) is 2. The van der Waals surface area contributed by atoms with E-state index < -0.39 is 0 Å². The zero-order valence-electron chi connectivity index (χ0n) is 14.3. The van der Waals surface area contributed by atoms with Crippen molar-refractivity contribution in [3.8, 4) is 0 Å². The van der Waals surface area contributed by atoms with Crippen LogP contribution in [0.25, 0.3) is 0 Å². The molecule has 0 fully saturated rings. The Morgan fingerprint density at radius 2 is 2.00 bits per heavy atom. The summed E-state index contributed by atoms with van der Waals surface area (Å²) in [7, 11) is 5.71. The number of rotatable bonds is 5. The molecule has 2 aromatic rings. The minimum atomic E-state index is 0.619. The first-order valence-electron chi connectivity index (χ1n) is 7.50. The summed E-state index contributed by atoms with van der Waals surface area (Å²) in [6.45, 7) is 5.10. The van der Waals surface area contributed by atoms with E-state index in [0.29, 0.717) is 13.1 Å².